The van der Waals surface area contributed by atoms with Crippen molar-refractivity contribution in [3.8, 4) is 0 Å². The molecule has 1 unspecified atom stereocenters. The van der Waals surface area contributed by atoms with Crippen LogP contribution in [0.15, 0.2) is 4.52 Å². The molecule has 0 aromatic carbocycles. The molecule has 1 aliphatic carbocycles. The van der Waals surface area contributed by atoms with Gasteiger partial charge in [-0.15, -0.1) is 0 Å². The molecular weight excluding hydrogens is 274 g/mol. The summed E-state index contributed by atoms with van der Waals surface area (Å²) >= 11 is 1.79. The van der Waals surface area contributed by atoms with Gasteiger partial charge in [0.25, 0.3) is 6.43 Å². The molecule has 0 amide bonds. The first-order valence-electron chi connectivity index (χ1n) is 6.54. The Hall–Kier alpha value is -0.690. The average Bonchev–Trinajstić information content (AvgIpc) is 2.85. The topological polar surface area (TPSA) is 59.2 Å². The summed E-state index contributed by atoms with van der Waals surface area (Å²) in [5.74, 6) is 1.23. The van der Waals surface area contributed by atoms with E-state index in [4.69, 9.17) is 9.63 Å². The molecule has 0 saturated heterocycles. The third kappa shape index (κ3) is 4.72. The van der Waals surface area contributed by atoms with Crippen molar-refractivity contribution in [2.24, 2.45) is 0 Å². The predicted molar refractivity (Wildman–Crippen MR) is 68.2 cm³/mol. The van der Waals surface area contributed by atoms with Gasteiger partial charge in [-0.05, 0) is 12.8 Å². The number of thioether (sulfide) groups is 1. The molecule has 1 aliphatic rings. The lowest BCUT2D eigenvalue weighted by atomic mass is 10.0. The minimum Gasteiger partial charge on any atom is -0.387 e. The van der Waals surface area contributed by atoms with Crippen molar-refractivity contribution in [1.29, 1.82) is 0 Å². The predicted octanol–water partition coefficient (Wildman–Crippen LogP) is 2.80. The van der Waals surface area contributed by atoms with Gasteiger partial charge in [0.05, 0.1) is 12.2 Å². The van der Waals surface area contributed by atoms with Crippen molar-refractivity contribution < 1.29 is 18.4 Å². The molecule has 1 N–H and O–H groups in total. The quantitative estimate of drug-likeness (QED) is 0.873. The van der Waals surface area contributed by atoms with Crippen LogP contribution in [0.4, 0.5) is 8.78 Å². The molecule has 7 heteroatoms. The van der Waals surface area contributed by atoms with E-state index in [1.807, 2.05) is 0 Å². The van der Waals surface area contributed by atoms with Crippen molar-refractivity contribution in [2.45, 2.75) is 62.1 Å². The Labute approximate surface area is 115 Å². The average molecular weight is 292 g/mol. The van der Waals surface area contributed by atoms with E-state index in [0.29, 0.717) is 16.8 Å². The van der Waals surface area contributed by atoms with Crippen LogP contribution in [0.5, 0.6) is 0 Å². The monoisotopic (exact) mass is 292 g/mol. The zero-order chi connectivity index (χ0) is 13.7. The van der Waals surface area contributed by atoms with Gasteiger partial charge >= 0.3 is 0 Å². The molecule has 4 nitrogen and oxygen atoms in total. The molecule has 0 spiro atoms. The summed E-state index contributed by atoms with van der Waals surface area (Å²) in [7, 11) is 0. The Bertz CT molecular complexity index is 384. The van der Waals surface area contributed by atoms with Gasteiger partial charge in [0, 0.05) is 5.25 Å². The Morgan fingerprint density at radius 1 is 1.32 bits per heavy atom. The van der Waals surface area contributed by atoms with Crippen LogP contribution >= 0.6 is 11.8 Å². The number of aliphatic hydroxyl groups is 1. The van der Waals surface area contributed by atoms with Gasteiger partial charge in [-0.1, -0.05) is 24.4 Å². The fraction of sp³-hybridized carbons (Fsp3) is 0.833. The third-order valence-corrected chi connectivity index (χ3v) is 4.55. The summed E-state index contributed by atoms with van der Waals surface area (Å²) in [6.07, 6.45) is 1.49. The smallest absolute Gasteiger partial charge is 0.264 e. The van der Waals surface area contributed by atoms with E-state index < -0.39 is 12.5 Å². The number of rotatable bonds is 6. The normalized spacial score (nSPS) is 18.9. The van der Waals surface area contributed by atoms with Crippen molar-refractivity contribution in [3.05, 3.63) is 11.7 Å². The molecule has 0 bridgehead atoms. The Kier molecular flexibility index (Phi) is 5.57. The van der Waals surface area contributed by atoms with E-state index in [-0.39, 0.29) is 12.3 Å². The molecule has 1 heterocycles. The molecule has 1 fully saturated rings. The van der Waals surface area contributed by atoms with Crippen LogP contribution in [0.1, 0.15) is 43.8 Å². The minimum absolute atomic E-state index is 0.0760. The number of hydrogen-bond donors (Lipinski definition) is 1. The fourth-order valence-corrected chi connectivity index (χ4v) is 3.29. The van der Waals surface area contributed by atoms with Crippen LogP contribution in [0.25, 0.3) is 0 Å². The Balaban J connectivity index is 1.77. The second kappa shape index (κ2) is 7.19. The van der Waals surface area contributed by atoms with E-state index in [1.165, 1.54) is 32.1 Å². The fourth-order valence-electron chi connectivity index (χ4n) is 2.12. The number of nitrogens with zero attached hydrogens (tertiary/aromatic N) is 2. The van der Waals surface area contributed by atoms with E-state index in [0.717, 1.165) is 0 Å². The molecule has 1 aromatic rings. The number of halogens is 2. The van der Waals surface area contributed by atoms with Gasteiger partial charge in [-0.3, -0.25) is 0 Å². The maximum Gasteiger partial charge on any atom is 0.264 e. The van der Waals surface area contributed by atoms with Crippen molar-refractivity contribution in [3.63, 3.8) is 0 Å². The van der Waals surface area contributed by atoms with E-state index in [1.54, 1.807) is 11.8 Å². The zero-order valence-electron chi connectivity index (χ0n) is 10.6. The first kappa shape index (κ1) is 14.7. The number of alkyl halides is 2. The highest BCUT2D eigenvalue weighted by atomic mass is 32.2. The number of aromatic nitrogens is 2. The van der Waals surface area contributed by atoms with Gasteiger partial charge in [0.1, 0.15) is 6.10 Å². The van der Waals surface area contributed by atoms with Gasteiger partial charge in [0.2, 0.25) is 5.89 Å². The Morgan fingerprint density at radius 2 is 2.05 bits per heavy atom. The van der Waals surface area contributed by atoms with Crippen molar-refractivity contribution >= 4 is 11.8 Å². The van der Waals surface area contributed by atoms with Crippen LogP contribution in [0.2, 0.25) is 0 Å². The van der Waals surface area contributed by atoms with Crippen molar-refractivity contribution in [2.75, 3.05) is 0 Å². The highest BCUT2D eigenvalue weighted by molar-refractivity contribution is 7.99. The summed E-state index contributed by atoms with van der Waals surface area (Å²) in [5, 5.41) is 13.4. The summed E-state index contributed by atoms with van der Waals surface area (Å²) < 4.78 is 29.2. The third-order valence-electron chi connectivity index (χ3n) is 3.19. The molecule has 1 atom stereocenters. The largest absolute Gasteiger partial charge is 0.387 e. The first-order chi connectivity index (χ1) is 9.15. The van der Waals surface area contributed by atoms with Gasteiger partial charge in [-0.2, -0.15) is 16.7 Å². The van der Waals surface area contributed by atoms with E-state index >= 15 is 0 Å². The zero-order valence-corrected chi connectivity index (χ0v) is 11.4. The number of aliphatic hydroxyl groups excluding tert-OH is 1. The highest BCUT2D eigenvalue weighted by Gasteiger charge is 2.21. The summed E-state index contributed by atoms with van der Waals surface area (Å²) in [4.78, 5) is 4.03. The molecule has 0 radical (unpaired) electrons. The standard InChI is InChI=1S/C12H18F2N2O2S/c13-12(14)9(17)6-11-15-10(16-18-11)7-19-8-4-2-1-3-5-8/h8-9,12,17H,1-7H2. The minimum atomic E-state index is -2.79. The summed E-state index contributed by atoms with van der Waals surface area (Å²) in [5.41, 5.74) is 0. The molecular formula is C12H18F2N2O2S. The lowest BCUT2D eigenvalue weighted by Crippen LogP contribution is -2.20. The van der Waals surface area contributed by atoms with Crippen LogP contribution in [-0.2, 0) is 12.2 Å². The molecule has 19 heavy (non-hydrogen) atoms. The molecule has 1 saturated carbocycles. The van der Waals surface area contributed by atoms with Gasteiger partial charge in [0.15, 0.2) is 5.82 Å². The Morgan fingerprint density at radius 3 is 2.74 bits per heavy atom. The number of hydrogen-bond acceptors (Lipinski definition) is 5. The van der Waals surface area contributed by atoms with Crippen LogP contribution < -0.4 is 0 Å². The van der Waals surface area contributed by atoms with Gasteiger partial charge < -0.3 is 9.63 Å². The van der Waals surface area contributed by atoms with Crippen LogP contribution in [0.3, 0.4) is 0 Å². The van der Waals surface area contributed by atoms with E-state index in [2.05, 4.69) is 10.1 Å². The lowest BCUT2D eigenvalue weighted by Gasteiger charge is -2.19. The van der Waals surface area contributed by atoms with Gasteiger partial charge in [-0.25, -0.2) is 8.78 Å². The van der Waals surface area contributed by atoms with Crippen LogP contribution in [-0.4, -0.2) is 33.0 Å². The summed E-state index contributed by atoms with van der Waals surface area (Å²) in [6.45, 7) is 0. The maximum absolute atomic E-state index is 12.2. The van der Waals surface area contributed by atoms with Crippen molar-refractivity contribution in [1.82, 2.24) is 10.1 Å². The molecule has 1 aromatic heterocycles. The van der Waals surface area contributed by atoms with Crippen LogP contribution in [0, 0.1) is 0 Å². The first-order valence-corrected chi connectivity index (χ1v) is 7.59. The summed E-state index contributed by atoms with van der Waals surface area (Å²) in [6, 6.07) is 0. The van der Waals surface area contributed by atoms with E-state index in [9.17, 15) is 8.78 Å². The molecule has 2 rings (SSSR count). The second-order valence-corrected chi connectivity index (χ2v) is 6.07. The highest BCUT2D eigenvalue weighted by Crippen LogP contribution is 2.29. The second-order valence-electron chi connectivity index (χ2n) is 4.78. The SMILES string of the molecule is OC(Cc1nc(CSC2CCCCC2)no1)C(F)F. The lowest BCUT2D eigenvalue weighted by molar-refractivity contribution is -0.00754. The molecule has 0 aliphatic heterocycles. The molecule has 108 valence electrons. The maximum atomic E-state index is 12.2.